The number of aryl methyl sites for hydroxylation is 1. The van der Waals surface area contributed by atoms with E-state index in [2.05, 4.69) is 5.10 Å². The summed E-state index contributed by atoms with van der Waals surface area (Å²) in [6.07, 6.45) is 3.73. The maximum atomic E-state index is 11.1. The van der Waals surface area contributed by atoms with Gasteiger partial charge < -0.3 is 5.11 Å². The van der Waals surface area contributed by atoms with Crippen molar-refractivity contribution >= 4 is 17.6 Å². The first-order valence-corrected chi connectivity index (χ1v) is 6.99. The number of fused-ring (bicyclic) bond motifs is 1. The van der Waals surface area contributed by atoms with Gasteiger partial charge in [-0.15, -0.1) is 0 Å². The summed E-state index contributed by atoms with van der Waals surface area (Å²) in [6.45, 7) is 1.96. The number of carbonyl (C=O) groups is 1. The fourth-order valence-electron chi connectivity index (χ4n) is 2.67. The van der Waals surface area contributed by atoms with Crippen molar-refractivity contribution in [1.82, 2.24) is 9.78 Å². The molecule has 4 nitrogen and oxygen atoms in total. The molecule has 1 N–H and O–H groups in total. The standard InChI is InChI=1S/C15H15ClN2O2/c1-9-2-4-12(7-13(9)16)18-14-5-3-10(15(19)20)6-11(14)8-17-18/h2,4,7-8,10H,3,5-6H2,1H3,(H,19,20). The maximum Gasteiger partial charge on any atom is 0.306 e. The van der Waals surface area contributed by atoms with Gasteiger partial charge in [0, 0.05) is 10.7 Å². The lowest BCUT2D eigenvalue weighted by Crippen LogP contribution is -2.22. The highest BCUT2D eigenvalue weighted by molar-refractivity contribution is 6.31. The molecule has 0 spiro atoms. The summed E-state index contributed by atoms with van der Waals surface area (Å²) >= 11 is 6.16. The Labute approximate surface area is 122 Å². The zero-order valence-corrected chi connectivity index (χ0v) is 11.9. The second kappa shape index (κ2) is 4.94. The number of carboxylic acids is 1. The van der Waals surface area contributed by atoms with E-state index in [9.17, 15) is 4.79 Å². The van der Waals surface area contributed by atoms with Gasteiger partial charge in [-0.2, -0.15) is 5.10 Å². The summed E-state index contributed by atoms with van der Waals surface area (Å²) in [4.78, 5) is 11.1. The number of halogens is 1. The number of aliphatic carboxylic acids is 1. The van der Waals surface area contributed by atoms with E-state index in [1.165, 1.54) is 0 Å². The van der Waals surface area contributed by atoms with Crippen molar-refractivity contribution < 1.29 is 9.90 Å². The van der Waals surface area contributed by atoms with Crippen molar-refractivity contribution in [3.63, 3.8) is 0 Å². The van der Waals surface area contributed by atoms with Crippen molar-refractivity contribution in [1.29, 1.82) is 0 Å². The summed E-state index contributed by atoms with van der Waals surface area (Å²) in [7, 11) is 0. The average molecular weight is 291 g/mol. The van der Waals surface area contributed by atoms with Crippen LogP contribution in [0.3, 0.4) is 0 Å². The number of aromatic nitrogens is 2. The van der Waals surface area contributed by atoms with Crippen molar-refractivity contribution in [2.75, 3.05) is 0 Å². The molecule has 1 aliphatic carbocycles. The molecule has 1 atom stereocenters. The van der Waals surface area contributed by atoms with E-state index in [1.54, 1.807) is 6.20 Å². The van der Waals surface area contributed by atoms with Crippen LogP contribution in [-0.4, -0.2) is 20.9 Å². The van der Waals surface area contributed by atoms with Crippen LogP contribution in [0.15, 0.2) is 24.4 Å². The lowest BCUT2D eigenvalue weighted by atomic mass is 9.88. The third kappa shape index (κ3) is 2.20. The highest BCUT2D eigenvalue weighted by Gasteiger charge is 2.27. The van der Waals surface area contributed by atoms with Crippen LogP contribution in [0.2, 0.25) is 5.02 Å². The Hall–Kier alpha value is -1.81. The first-order valence-electron chi connectivity index (χ1n) is 6.61. The zero-order chi connectivity index (χ0) is 14.3. The fraction of sp³-hybridized carbons (Fsp3) is 0.333. The van der Waals surface area contributed by atoms with E-state index in [1.807, 2.05) is 29.8 Å². The molecule has 1 heterocycles. The highest BCUT2D eigenvalue weighted by atomic mass is 35.5. The Balaban J connectivity index is 1.97. The average Bonchev–Trinajstić information content (AvgIpc) is 2.84. The van der Waals surface area contributed by atoms with E-state index < -0.39 is 5.97 Å². The van der Waals surface area contributed by atoms with Gasteiger partial charge in [-0.3, -0.25) is 4.79 Å². The lowest BCUT2D eigenvalue weighted by Gasteiger charge is -2.19. The molecule has 0 radical (unpaired) electrons. The van der Waals surface area contributed by atoms with E-state index in [-0.39, 0.29) is 5.92 Å². The van der Waals surface area contributed by atoms with Crippen molar-refractivity contribution in [3.05, 3.63) is 46.2 Å². The summed E-state index contributed by atoms with van der Waals surface area (Å²) in [5, 5.41) is 14.2. The largest absolute Gasteiger partial charge is 0.481 e. The molecule has 3 rings (SSSR count). The van der Waals surface area contributed by atoms with Gasteiger partial charge in [0.1, 0.15) is 0 Å². The summed E-state index contributed by atoms with van der Waals surface area (Å²) < 4.78 is 1.87. The molecule has 0 saturated heterocycles. The third-order valence-electron chi connectivity index (χ3n) is 3.90. The topological polar surface area (TPSA) is 55.1 Å². The van der Waals surface area contributed by atoms with E-state index in [4.69, 9.17) is 16.7 Å². The maximum absolute atomic E-state index is 11.1. The molecular formula is C15H15ClN2O2. The summed E-state index contributed by atoms with van der Waals surface area (Å²) in [5.41, 5.74) is 4.08. The molecule has 0 bridgehead atoms. The molecule has 1 unspecified atom stereocenters. The highest BCUT2D eigenvalue weighted by Crippen LogP contribution is 2.28. The minimum Gasteiger partial charge on any atom is -0.481 e. The molecule has 0 amide bonds. The minimum atomic E-state index is -0.721. The number of nitrogens with zero attached hydrogens (tertiary/aromatic N) is 2. The normalized spacial score (nSPS) is 17.8. The molecule has 5 heteroatoms. The quantitative estimate of drug-likeness (QED) is 0.925. The van der Waals surface area contributed by atoms with Gasteiger partial charge >= 0.3 is 5.97 Å². The Morgan fingerprint density at radius 2 is 2.30 bits per heavy atom. The SMILES string of the molecule is Cc1ccc(-n2ncc3c2CCC(C(=O)O)C3)cc1Cl. The molecular weight excluding hydrogens is 276 g/mol. The van der Waals surface area contributed by atoms with Crippen LogP contribution >= 0.6 is 11.6 Å². The van der Waals surface area contributed by atoms with E-state index in [0.717, 1.165) is 28.9 Å². The van der Waals surface area contributed by atoms with Gasteiger partial charge in [-0.1, -0.05) is 17.7 Å². The molecule has 0 saturated carbocycles. The second-order valence-electron chi connectivity index (χ2n) is 5.24. The Bertz CT molecular complexity index is 679. The van der Waals surface area contributed by atoms with Crippen LogP contribution in [0.1, 0.15) is 23.2 Å². The summed E-state index contributed by atoms with van der Waals surface area (Å²) in [5.74, 6) is -1.01. The molecule has 0 fully saturated rings. The molecule has 2 aromatic rings. The predicted octanol–water partition coefficient (Wildman–Crippen LogP) is 3.02. The van der Waals surface area contributed by atoms with Gasteiger partial charge in [-0.05, 0) is 49.4 Å². The monoisotopic (exact) mass is 290 g/mol. The number of hydrogen-bond acceptors (Lipinski definition) is 2. The van der Waals surface area contributed by atoms with Gasteiger partial charge in [0.15, 0.2) is 0 Å². The number of carboxylic acid groups (broad SMARTS) is 1. The Kier molecular flexibility index (Phi) is 3.26. The van der Waals surface area contributed by atoms with E-state index >= 15 is 0 Å². The minimum absolute atomic E-state index is 0.290. The van der Waals surface area contributed by atoms with Crippen LogP contribution in [-0.2, 0) is 17.6 Å². The third-order valence-corrected chi connectivity index (χ3v) is 4.31. The fourth-order valence-corrected chi connectivity index (χ4v) is 2.84. The van der Waals surface area contributed by atoms with Gasteiger partial charge in [-0.25, -0.2) is 4.68 Å². The van der Waals surface area contributed by atoms with Crippen LogP contribution in [0, 0.1) is 12.8 Å². The van der Waals surface area contributed by atoms with Crippen molar-refractivity contribution in [2.24, 2.45) is 5.92 Å². The number of rotatable bonds is 2. The Morgan fingerprint density at radius 3 is 3.00 bits per heavy atom. The van der Waals surface area contributed by atoms with Gasteiger partial charge in [0.25, 0.3) is 0 Å². The van der Waals surface area contributed by atoms with Gasteiger partial charge in [0.05, 0.1) is 17.8 Å². The van der Waals surface area contributed by atoms with Crippen LogP contribution in [0.25, 0.3) is 5.69 Å². The van der Waals surface area contributed by atoms with Crippen molar-refractivity contribution in [2.45, 2.75) is 26.2 Å². The second-order valence-corrected chi connectivity index (χ2v) is 5.65. The lowest BCUT2D eigenvalue weighted by molar-refractivity contribution is -0.142. The molecule has 104 valence electrons. The van der Waals surface area contributed by atoms with Crippen LogP contribution < -0.4 is 0 Å². The van der Waals surface area contributed by atoms with Crippen LogP contribution in [0.4, 0.5) is 0 Å². The van der Waals surface area contributed by atoms with Gasteiger partial charge in [0.2, 0.25) is 0 Å². The molecule has 1 aromatic carbocycles. The van der Waals surface area contributed by atoms with Crippen LogP contribution in [0.5, 0.6) is 0 Å². The first kappa shape index (κ1) is 13.2. The smallest absolute Gasteiger partial charge is 0.306 e. The van der Waals surface area contributed by atoms with Crippen molar-refractivity contribution in [3.8, 4) is 5.69 Å². The molecule has 1 aliphatic rings. The predicted molar refractivity (Wildman–Crippen MR) is 76.5 cm³/mol. The molecule has 20 heavy (non-hydrogen) atoms. The zero-order valence-electron chi connectivity index (χ0n) is 11.1. The number of benzene rings is 1. The Morgan fingerprint density at radius 1 is 1.50 bits per heavy atom. The van der Waals surface area contributed by atoms with E-state index in [0.29, 0.717) is 17.9 Å². The summed E-state index contributed by atoms with van der Waals surface area (Å²) in [6, 6.07) is 5.85. The number of hydrogen-bond donors (Lipinski definition) is 1. The molecule has 0 aliphatic heterocycles. The first-order chi connectivity index (χ1) is 9.56. The molecule has 1 aromatic heterocycles.